The second kappa shape index (κ2) is 9.35. The lowest BCUT2D eigenvalue weighted by Crippen LogP contribution is -2.45. The predicted molar refractivity (Wildman–Crippen MR) is 131 cm³/mol. The topological polar surface area (TPSA) is 95.6 Å². The minimum absolute atomic E-state index is 0.0670. The molecule has 2 N–H and O–H groups in total. The molecule has 0 saturated carbocycles. The molecule has 0 saturated heterocycles. The maximum Gasteiger partial charge on any atom is 0.251 e. The molecule has 0 radical (unpaired) electrons. The van der Waals surface area contributed by atoms with Crippen molar-refractivity contribution < 1.29 is 18.0 Å². The molecule has 1 heterocycles. The zero-order valence-electron chi connectivity index (χ0n) is 19.7. The highest BCUT2D eigenvalue weighted by Crippen LogP contribution is 2.33. The maximum absolute atomic E-state index is 13.2. The zero-order chi connectivity index (χ0) is 24.5. The van der Waals surface area contributed by atoms with Crippen molar-refractivity contribution in [1.82, 2.24) is 14.9 Å². The standard InChI is InChI=1S/C26H31N3O4S/c1-26(2)13-6-7-14-29(3)34(32,33)20-11-8-10-19(15-20)25(31)28-24-21-12-5-4-9-18(21)16-22(24)27-23(30)17-26/h4-12,15,22,24H,13-14,16-17H2,1-3H3,(H,27,30)(H,28,31)/b7-6+/t22-,24-/m1/s1. The van der Waals surface area contributed by atoms with Gasteiger partial charge in [-0.05, 0) is 47.6 Å². The van der Waals surface area contributed by atoms with E-state index in [1.54, 1.807) is 18.2 Å². The van der Waals surface area contributed by atoms with Crippen molar-refractivity contribution in [3.05, 3.63) is 77.4 Å². The van der Waals surface area contributed by atoms with Gasteiger partial charge >= 0.3 is 0 Å². The minimum atomic E-state index is -3.76. The van der Waals surface area contributed by atoms with E-state index in [-0.39, 0.29) is 40.3 Å². The van der Waals surface area contributed by atoms with Crippen LogP contribution in [0.3, 0.4) is 0 Å². The summed E-state index contributed by atoms with van der Waals surface area (Å²) in [5.41, 5.74) is 1.99. The quantitative estimate of drug-likeness (QED) is 0.565. The van der Waals surface area contributed by atoms with E-state index in [1.807, 2.05) is 44.2 Å². The van der Waals surface area contributed by atoms with Crippen LogP contribution >= 0.6 is 0 Å². The number of carbonyl (C=O) groups is 2. The number of nitrogens with one attached hydrogen (secondary N) is 2. The van der Waals surface area contributed by atoms with Crippen LogP contribution in [0, 0.1) is 5.41 Å². The van der Waals surface area contributed by atoms with Gasteiger partial charge in [0.25, 0.3) is 5.91 Å². The van der Waals surface area contributed by atoms with Crippen LogP contribution in [0.2, 0.25) is 0 Å². The molecule has 8 heteroatoms. The highest BCUT2D eigenvalue weighted by Gasteiger charge is 2.35. The first kappa shape index (κ1) is 24.2. The summed E-state index contributed by atoms with van der Waals surface area (Å²) in [5.74, 6) is -0.452. The fourth-order valence-electron chi connectivity index (χ4n) is 4.60. The van der Waals surface area contributed by atoms with E-state index in [0.29, 0.717) is 19.3 Å². The Labute approximate surface area is 201 Å². The third-order valence-corrected chi connectivity index (χ3v) is 8.33. The van der Waals surface area contributed by atoms with Crippen molar-refractivity contribution in [2.75, 3.05) is 13.6 Å². The van der Waals surface area contributed by atoms with Crippen LogP contribution in [0.1, 0.15) is 54.2 Å². The van der Waals surface area contributed by atoms with Crippen LogP contribution in [0.15, 0.2) is 65.6 Å². The molecule has 2 aliphatic rings. The second-order valence-corrected chi connectivity index (χ2v) is 11.9. The van der Waals surface area contributed by atoms with E-state index in [4.69, 9.17) is 0 Å². The number of hydrogen-bond acceptors (Lipinski definition) is 4. The summed E-state index contributed by atoms with van der Waals surface area (Å²) in [6.07, 6.45) is 5.30. The average Bonchev–Trinajstić information content (AvgIpc) is 3.12. The molecule has 0 fully saturated rings. The van der Waals surface area contributed by atoms with Crippen molar-refractivity contribution >= 4 is 21.8 Å². The van der Waals surface area contributed by atoms with E-state index < -0.39 is 16.1 Å². The van der Waals surface area contributed by atoms with Crippen LogP contribution < -0.4 is 10.6 Å². The lowest BCUT2D eigenvalue weighted by Gasteiger charge is -2.26. The fraction of sp³-hybridized carbons (Fsp3) is 0.385. The molecule has 0 spiro atoms. The number of sulfonamides is 1. The molecule has 34 heavy (non-hydrogen) atoms. The number of allylic oxidation sites excluding steroid dienone is 1. The molecule has 180 valence electrons. The molecule has 2 bridgehead atoms. The Hall–Kier alpha value is -2.97. The molecule has 0 unspecified atom stereocenters. The van der Waals surface area contributed by atoms with Crippen LogP contribution in [-0.2, 0) is 21.2 Å². The van der Waals surface area contributed by atoms with Gasteiger partial charge in [0.15, 0.2) is 0 Å². The summed E-state index contributed by atoms with van der Waals surface area (Å²) in [7, 11) is -2.25. The molecule has 2 aromatic carbocycles. The maximum atomic E-state index is 13.2. The van der Waals surface area contributed by atoms with Crippen LogP contribution in [0.25, 0.3) is 0 Å². The van der Waals surface area contributed by atoms with Crippen LogP contribution in [0.4, 0.5) is 0 Å². The average molecular weight is 482 g/mol. The fourth-order valence-corrected chi connectivity index (χ4v) is 5.77. The Morgan fingerprint density at radius 3 is 2.56 bits per heavy atom. The number of fused-ring (bicyclic) bond motifs is 5. The third-order valence-electron chi connectivity index (χ3n) is 6.51. The molecule has 7 nitrogen and oxygen atoms in total. The SMILES string of the molecule is CN1C/C=C/CC(C)(C)CC(=O)N[C@@H]2Cc3ccccc3[C@H]2NC(=O)c2cccc(c2)S1(=O)=O. The molecule has 1 aliphatic heterocycles. The first-order chi connectivity index (χ1) is 16.1. The minimum Gasteiger partial charge on any atom is -0.351 e. The van der Waals surface area contributed by atoms with E-state index >= 15 is 0 Å². The molecular weight excluding hydrogens is 450 g/mol. The smallest absolute Gasteiger partial charge is 0.251 e. The first-order valence-corrected chi connectivity index (χ1v) is 12.9. The Kier molecular flexibility index (Phi) is 6.64. The van der Waals surface area contributed by atoms with Gasteiger partial charge in [-0.3, -0.25) is 9.59 Å². The van der Waals surface area contributed by atoms with Gasteiger partial charge < -0.3 is 10.6 Å². The van der Waals surface area contributed by atoms with Crippen molar-refractivity contribution in [2.45, 2.75) is 50.1 Å². The normalized spacial score (nSPS) is 25.9. The predicted octanol–water partition coefficient (Wildman–Crippen LogP) is 3.20. The van der Waals surface area contributed by atoms with Gasteiger partial charge in [0.1, 0.15) is 0 Å². The van der Waals surface area contributed by atoms with Gasteiger partial charge in [0.05, 0.1) is 17.0 Å². The number of likely N-dealkylation sites (N-methyl/N-ethyl adjacent to an activating group) is 1. The van der Waals surface area contributed by atoms with E-state index in [9.17, 15) is 18.0 Å². The van der Waals surface area contributed by atoms with Gasteiger partial charge in [-0.1, -0.05) is 56.3 Å². The summed E-state index contributed by atoms with van der Waals surface area (Å²) >= 11 is 0. The summed E-state index contributed by atoms with van der Waals surface area (Å²) in [4.78, 5) is 26.2. The van der Waals surface area contributed by atoms with E-state index in [2.05, 4.69) is 10.6 Å². The van der Waals surface area contributed by atoms with Gasteiger partial charge in [-0.25, -0.2) is 8.42 Å². The van der Waals surface area contributed by atoms with Gasteiger partial charge in [0.2, 0.25) is 15.9 Å². The largest absolute Gasteiger partial charge is 0.351 e. The highest BCUT2D eigenvalue weighted by atomic mass is 32.2. The molecule has 0 aromatic heterocycles. The van der Waals surface area contributed by atoms with Crippen molar-refractivity contribution in [2.24, 2.45) is 5.41 Å². The number of benzene rings is 2. The number of hydrogen-bond donors (Lipinski definition) is 2. The highest BCUT2D eigenvalue weighted by molar-refractivity contribution is 7.89. The van der Waals surface area contributed by atoms with Crippen molar-refractivity contribution in [3.8, 4) is 0 Å². The van der Waals surface area contributed by atoms with E-state index in [0.717, 1.165) is 11.1 Å². The Balaban J connectivity index is 1.73. The monoisotopic (exact) mass is 481 g/mol. The van der Waals surface area contributed by atoms with Gasteiger partial charge in [-0.2, -0.15) is 4.31 Å². The summed E-state index contributed by atoms with van der Waals surface area (Å²) in [6.45, 7) is 4.22. The van der Waals surface area contributed by atoms with Gasteiger partial charge in [0, 0.05) is 25.6 Å². The number of nitrogens with zero attached hydrogens (tertiary/aromatic N) is 1. The lowest BCUT2D eigenvalue weighted by atomic mass is 9.85. The first-order valence-electron chi connectivity index (χ1n) is 11.5. The summed E-state index contributed by atoms with van der Waals surface area (Å²) in [5, 5.41) is 6.18. The molecule has 4 rings (SSSR count). The molecular formula is C26H31N3O4S. The Morgan fingerprint density at radius 2 is 1.76 bits per heavy atom. The van der Waals surface area contributed by atoms with Crippen LogP contribution in [-0.4, -0.2) is 44.2 Å². The van der Waals surface area contributed by atoms with Crippen LogP contribution in [0.5, 0.6) is 0 Å². The van der Waals surface area contributed by atoms with Gasteiger partial charge in [-0.15, -0.1) is 0 Å². The molecule has 1 aliphatic carbocycles. The lowest BCUT2D eigenvalue weighted by molar-refractivity contribution is -0.123. The number of rotatable bonds is 0. The second-order valence-electron chi connectivity index (χ2n) is 9.86. The molecule has 2 amide bonds. The summed E-state index contributed by atoms with van der Waals surface area (Å²) < 4.78 is 27.4. The Bertz CT molecular complexity index is 1240. The Morgan fingerprint density at radius 1 is 1.00 bits per heavy atom. The molecule has 2 aromatic rings. The van der Waals surface area contributed by atoms with Crippen molar-refractivity contribution in [1.29, 1.82) is 0 Å². The number of amides is 2. The van der Waals surface area contributed by atoms with E-state index in [1.165, 1.54) is 23.5 Å². The summed E-state index contributed by atoms with van der Waals surface area (Å²) in [6, 6.07) is 13.2. The number of carbonyl (C=O) groups excluding carboxylic acids is 2. The zero-order valence-corrected chi connectivity index (χ0v) is 20.6. The third kappa shape index (κ3) is 5.08. The molecule has 2 atom stereocenters. The van der Waals surface area contributed by atoms with Crippen molar-refractivity contribution in [3.63, 3.8) is 0 Å².